The van der Waals surface area contributed by atoms with Gasteiger partial charge in [0.2, 0.25) is 0 Å². The van der Waals surface area contributed by atoms with Crippen LogP contribution in [0.3, 0.4) is 0 Å². The molecule has 2 aromatic rings. The Bertz CT molecular complexity index is 581. The van der Waals surface area contributed by atoms with Crippen molar-refractivity contribution in [1.29, 1.82) is 0 Å². The van der Waals surface area contributed by atoms with Crippen LogP contribution in [0.1, 0.15) is 11.1 Å². The van der Waals surface area contributed by atoms with Crippen LogP contribution in [0.25, 0.3) is 0 Å². The van der Waals surface area contributed by atoms with Gasteiger partial charge in [0.15, 0.2) is 0 Å². The molecule has 0 heterocycles. The first-order valence-electron chi connectivity index (χ1n) is 5.43. The van der Waals surface area contributed by atoms with Gasteiger partial charge >= 0.3 is 0 Å². The fourth-order valence-corrected chi connectivity index (χ4v) is 1.99. The maximum Gasteiger partial charge on any atom is 0.144 e. The predicted octanol–water partition coefficient (Wildman–Crippen LogP) is 4.14. The summed E-state index contributed by atoms with van der Waals surface area (Å²) in [5, 5.41) is 13.2. The van der Waals surface area contributed by atoms with Crippen LogP contribution in [0.5, 0.6) is 5.75 Å². The molecule has 0 aliphatic carbocycles. The normalized spacial score (nSPS) is 10.1. The number of phenolic OH excluding ortho intramolecular Hbond substituents is 1. The maximum absolute atomic E-state index is 9.83. The lowest BCUT2D eigenvalue weighted by Gasteiger charge is -2.10. The fourth-order valence-electron chi connectivity index (χ4n) is 1.53. The second kappa shape index (κ2) is 5.38. The molecule has 0 amide bonds. The minimum atomic E-state index is 0.00350. The Morgan fingerprint density at radius 3 is 2.50 bits per heavy atom. The molecular formula is C14H12ClNOS. The van der Waals surface area contributed by atoms with Gasteiger partial charge in [-0.3, -0.25) is 0 Å². The third-order valence-electron chi connectivity index (χ3n) is 2.54. The molecule has 0 atom stereocenters. The molecule has 0 bridgehead atoms. The topological polar surface area (TPSA) is 32.3 Å². The highest BCUT2D eigenvalue weighted by Gasteiger charge is 2.09. The molecule has 0 fully saturated rings. The van der Waals surface area contributed by atoms with Gasteiger partial charge in [-0.25, -0.2) is 0 Å². The van der Waals surface area contributed by atoms with Crippen molar-refractivity contribution in [3.8, 4) is 5.75 Å². The third-order valence-corrected chi connectivity index (χ3v) is 3.17. The van der Waals surface area contributed by atoms with Crippen LogP contribution in [0.2, 0.25) is 5.02 Å². The lowest BCUT2D eigenvalue weighted by molar-refractivity contribution is 0.474. The number of nitrogens with one attached hydrogen (secondary N) is 1. The fraction of sp³-hybridized carbons (Fsp3) is 0.0714. The zero-order chi connectivity index (χ0) is 13.1. The Kier molecular flexibility index (Phi) is 3.84. The van der Waals surface area contributed by atoms with Crippen LogP contribution >= 0.6 is 23.8 Å². The summed E-state index contributed by atoms with van der Waals surface area (Å²) in [6.07, 6.45) is 0. The summed E-state index contributed by atoms with van der Waals surface area (Å²) in [5.74, 6) is 0.00350. The van der Waals surface area contributed by atoms with Crippen molar-refractivity contribution in [2.24, 2.45) is 0 Å². The molecular weight excluding hydrogens is 266 g/mol. The molecule has 2 nitrogen and oxygen atoms in total. The number of thiocarbonyl (C=S) groups is 1. The maximum atomic E-state index is 9.83. The summed E-state index contributed by atoms with van der Waals surface area (Å²) in [7, 11) is 0. The van der Waals surface area contributed by atoms with Crippen LogP contribution in [0, 0.1) is 6.92 Å². The molecule has 0 aliphatic heterocycles. The number of para-hydroxylation sites is 1. The van der Waals surface area contributed by atoms with Crippen LogP contribution in [0.15, 0.2) is 42.5 Å². The quantitative estimate of drug-likeness (QED) is 0.809. The Morgan fingerprint density at radius 1 is 1.17 bits per heavy atom. The Balaban J connectivity index is 2.22. The van der Waals surface area contributed by atoms with Gasteiger partial charge in [0, 0.05) is 5.69 Å². The summed E-state index contributed by atoms with van der Waals surface area (Å²) in [6.45, 7) is 2.02. The molecule has 0 aromatic heterocycles. The van der Waals surface area contributed by atoms with Crippen molar-refractivity contribution >= 4 is 34.5 Å². The molecule has 0 radical (unpaired) electrons. The molecule has 18 heavy (non-hydrogen) atoms. The molecule has 92 valence electrons. The van der Waals surface area contributed by atoms with Crippen molar-refractivity contribution in [1.82, 2.24) is 0 Å². The number of halogens is 1. The number of hydrogen-bond acceptors (Lipinski definition) is 2. The second-order valence-corrected chi connectivity index (χ2v) is 4.77. The van der Waals surface area contributed by atoms with E-state index in [1.54, 1.807) is 18.2 Å². The second-order valence-electron chi connectivity index (χ2n) is 3.96. The van der Waals surface area contributed by atoms with E-state index in [1.165, 1.54) is 5.56 Å². The van der Waals surface area contributed by atoms with Gasteiger partial charge < -0.3 is 10.4 Å². The van der Waals surface area contributed by atoms with Gasteiger partial charge in [-0.15, -0.1) is 0 Å². The molecule has 0 spiro atoms. The lowest BCUT2D eigenvalue weighted by atomic mass is 10.2. The molecule has 0 unspecified atom stereocenters. The van der Waals surface area contributed by atoms with E-state index in [4.69, 9.17) is 23.8 Å². The Hall–Kier alpha value is -1.58. The number of anilines is 1. The molecule has 2 aromatic carbocycles. The van der Waals surface area contributed by atoms with Crippen molar-refractivity contribution in [3.05, 3.63) is 58.6 Å². The van der Waals surface area contributed by atoms with Crippen molar-refractivity contribution in [3.63, 3.8) is 0 Å². The largest absolute Gasteiger partial charge is 0.506 e. The van der Waals surface area contributed by atoms with Crippen LogP contribution in [-0.4, -0.2) is 10.1 Å². The zero-order valence-corrected chi connectivity index (χ0v) is 11.3. The van der Waals surface area contributed by atoms with E-state index < -0.39 is 0 Å². The average Bonchev–Trinajstić information content (AvgIpc) is 2.35. The van der Waals surface area contributed by atoms with Gasteiger partial charge in [-0.1, -0.05) is 47.6 Å². The smallest absolute Gasteiger partial charge is 0.144 e. The number of hydrogen-bond donors (Lipinski definition) is 2. The number of benzene rings is 2. The Morgan fingerprint density at radius 2 is 1.83 bits per heavy atom. The van der Waals surface area contributed by atoms with Crippen molar-refractivity contribution in [2.45, 2.75) is 6.92 Å². The molecule has 2 N–H and O–H groups in total. The number of aromatic hydroxyl groups is 1. The summed E-state index contributed by atoms with van der Waals surface area (Å²) >= 11 is 11.1. The highest BCUT2D eigenvalue weighted by atomic mass is 35.5. The van der Waals surface area contributed by atoms with E-state index in [2.05, 4.69) is 5.32 Å². The van der Waals surface area contributed by atoms with Gasteiger partial charge in [-0.05, 0) is 31.2 Å². The third kappa shape index (κ3) is 2.81. The van der Waals surface area contributed by atoms with Gasteiger partial charge in [0.25, 0.3) is 0 Å². The van der Waals surface area contributed by atoms with Crippen LogP contribution in [-0.2, 0) is 0 Å². The number of phenols is 1. The number of rotatable bonds is 2. The van der Waals surface area contributed by atoms with Gasteiger partial charge in [-0.2, -0.15) is 0 Å². The summed E-state index contributed by atoms with van der Waals surface area (Å²) < 4.78 is 0. The lowest BCUT2D eigenvalue weighted by Crippen LogP contribution is -2.10. The predicted molar refractivity (Wildman–Crippen MR) is 79.6 cm³/mol. The minimum absolute atomic E-state index is 0.00350. The average molecular weight is 278 g/mol. The van der Waals surface area contributed by atoms with Gasteiger partial charge in [0.05, 0.1) is 10.6 Å². The molecule has 4 heteroatoms. The SMILES string of the molecule is Cc1ccc(NC(=S)c2cccc(Cl)c2O)cc1. The minimum Gasteiger partial charge on any atom is -0.506 e. The van der Waals surface area contributed by atoms with E-state index in [-0.39, 0.29) is 5.75 Å². The number of aryl methyl sites for hydroxylation is 1. The van der Waals surface area contributed by atoms with E-state index in [0.717, 1.165) is 5.69 Å². The monoisotopic (exact) mass is 277 g/mol. The van der Waals surface area contributed by atoms with E-state index in [9.17, 15) is 5.11 Å². The first-order valence-corrected chi connectivity index (χ1v) is 6.22. The molecule has 0 saturated heterocycles. The van der Waals surface area contributed by atoms with Crippen molar-refractivity contribution in [2.75, 3.05) is 5.32 Å². The molecule has 0 saturated carbocycles. The van der Waals surface area contributed by atoms with E-state index >= 15 is 0 Å². The van der Waals surface area contributed by atoms with Crippen LogP contribution in [0.4, 0.5) is 5.69 Å². The Labute approximate surface area is 116 Å². The summed E-state index contributed by atoms with van der Waals surface area (Å²) in [4.78, 5) is 0.443. The molecule has 2 rings (SSSR count). The summed E-state index contributed by atoms with van der Waals surface area (Å²) in [6, 6.07) is 12.9. The van der Waals surface area contributed by atoms with E-state index in [0.29, 0.717) is 15.6 Å². The first kappa shape index (κ1) is 12.9. The van der Waals surface area contributed by atoms with E-state index in [1.807, 2.05) is 31.2 Å². The first-order chi connectivity index (χ1) is 8.58. The van der Waals surface area contributed by atoms with Crippen molar-refractivity contribution < 1.29 is 5.11 Å². The van der Waals surface area contributed by atoms with Gasteiger partial charge in [0.1, 0.15) is 10.7 Å². The zero-order valence-electron chi connectivity index (χ0n) is 9.77. The van der Waals surface area contributed by atoms with Crippen LogP contribution < -0.4 is 5.32 Å². The molecule has 0 aliphatic rings. The highest BCUT2D eigenvalue weighted by Crippen LogP contribution is 2.27. The standard InChI is InChI=1S/C14H12ClNOS/c1-9-5-7-10(8-6-9)16-14(18)11-3-2-4-12(15)13(11)17/h2-8,17H,1H3,(H,16,18). The highest BCUT2D eigenvalue weighted by molar-refractivity contribution is 7.81. The summed E-state index contributed by atoms with van der Waals surface area (Å²) in [5.41, 5.74) is 2.58.